The van der Waals surface area contributed by atoms with E-state index in [0.717, 1.165) is 19.4 Å². The summed E-state index contributed by atoms with van der Waals surface area (Å²) in [7, 11) is 0. The quantitative estimate of drug-likeness (QED) is 0.842. The molecule has 0 aliphatic carbocycles. The Kier molecular flexibility index (Phi) is 4.15. The summed E-state index contributed by atoms with van der Waals surface area (Å²) in [5, 5.41) is 10.9. The topological polar surface area (TPSA) is 66.6 Å². The van der Waals surface area contributed by atoms with Gasteiger partial charge in [0.25, 0.3) is 0 Å². The third kappa shape index (κ3) is 3.80. The van der Waals surface area contributed by atoms with Gasteiger partial charge in [0.15, 0.2) is 0 Å². The summed E-state index contributed by atoms with van der Waals surface area (Å²) in [5.74, 6) is -0.286. The minimum Gasteiger partial charge on any atom is -0.480 e. The van der Waals surface area contributed by atoms with Crippen molar-refractivity contribution in [3.05, 3.63) is 22.4 Å². The lowest BCUT2D eigenvalue weighted by molar-refractivity contribution is -0.138. The lowest BCUT2D eigenvalue weighted by atomic mass is 9.91. The third-order valence-corrected chi connectivity index (χ3v) is 3.97. The Morgan fingerprint density at radius 1 is 1.59 bits per heavy atom. The first-order valence-corrected chi connectivity index (χ1v) is 6.73. The summed E-state index contributed by atoms with van der Waals surface area (Å²) in [6, 6.07) is 4.29. The van der Waals surface area contributed by atoms with Gasteiger partial charge in [-0.3, -0.25) is 9.69 Å². The molecule has 2 atom stereocenters. The standard InChI is InChI=1S/C12H18N2O2S/c13-10-4-9(5-11-2-1-3-17-11)6-14(7-10)8-12(15)16/h1-3,9-10H,4-8,13H2,(H,15,16). The fourth-order valence-electron chi connectivity index (χ4n) is 2.53. The Balaban J connectivity index is 1.91. The zero-order valence-corrected chi connectivity index (χ0v) is 10.5. The molecule has 1 fully saturated rings. The van der Waals surface area contributed by atoms with E-state index in [-0.39, 0.29) is 12.6 Å². The van der Waals surface area contributed by atoms with E-state index in [4.69, 9.17) is 10.8 Å². The highest BCUT2D eigenvalue weighted by Crippen LogP contribution is 2.22. The SMILES string of the molecule is NC1CC(Cc2cccs2)CN(CC(=O)O)C1. The highest BCUT2D eigenvalue weighted by atomic mass is 32.1. The molecule has 5 heteroatoms. The van der Waals surface area contributed by atoms with Gasteiger partial charge >= 0.3 is 5.97 Å². The summed E-state index contributed by atoms with van der Waals surface area (Å²) in [4.78, 5) is 14.0. The predicted octanol–water partition coefficient (Wildman–Crippen LogP) is 1.02. The Morgan fingerprint density at radius 2 is 2.41 bits per heavy atom. The van der Waals surface area contributed by atoms with E-state index in [0.29, 0.717) is 12.5 Å². The largest absolute Gasteiger partial charge is 0.480 e. The number of aliphatic carboxylic acids is 1. The van der Waals surface area contributed by atoms with Gasteiger partial charge in [0.05, 0.1) is 6.54 Å². The van der Waals surface area contributed by atoms with Crippen molar-refractivity contribution in [1.29, 1.82) is 0 Å². The molecule has 4 nitrogen and oxygen atoms in total. The summed E-state index contributed by atoms with van der Waals surface area (Å²) in [6.07, 6.45) is 2.01. The van der Waals surface area contributed by atoms with Crippen LogP contribution in [0.2, 0.25) is 0 Å². The molecule has 1 aromatic rings. The van der Waals surface area contributed by atoms with Gasteiger partial charge in [0, 0.05) is 24.0 Å². The smallest absolute Gasteiger partial charge is 0.317 e. The minimum absolute atomic E-state index is 0.105. The number of hydrogen-bond donors (Lipinski definition) is 2. The molecule has 94 valence electrons. The molecule has 3 N–H and O–H groups in total. The molecule has 2 rings (SSSR count). The number of carboxylic acids is 1. The molecule has 1 aliphatic rings. The van der Waals surface area contributed by atoms with E-state index in [2.05, 4.69) is 17.5 Å². The van der Waals surface area contributed by atoms with E-state index >= 15 is 0 Å². The normalized spacial score (nSPS) is 25.9. The van der Waals surface area contributed by atoms with Gasteiger partial charge in [0.1, 0.15) is 0 Å². The van der Waals surface area contributed by atoms with Crippen molar-refractivity contribution < 1.29 is 9.90 Å². The summed E-state index contributed by atoms with van der Waals surface area (Å²) >= 11 is 1.76. The van der Waals surface area contributed by atoms with Crippen LogP contribution in [-0.2, 0) is 11.2 Å². The van der Waals surface area contributed by atoms with Crippen molar-refractivity contribution in [2.45, 2.75) is 18.9 Å². The number of nitrogens with two attached hydrogens (primary N) is 1. The van der Waals surface area contributed by atoms with Crippen LogP contribution in [0.4, 0.5) is 0 Å². The molecule has 2 unspecified atom stereocenters. The van der Waals surface area contributed by atoms with Crippen LogP contribution in [0.1, 0.15) is 11.3 Å². The van der Waals surface area contributed by atoms with E-state index in [1.807, 2.05) is 4.90 Å². The summed E-state index contributed by atoms with van der Waals surface area (Å²) in [6.45, 7) is 1.65. The molecule has 17 heavy (non-hydrogen) atoms. The van der Waals surface area contributed by atoms with Crippen LogP contribution in [0.15, 0.2) is 17.5 Å². The summed E-state index contributed by atoms with van der Waals surface area (Å²) < 4.78 is 0. The Morgan fingerprint density at radius 3 is 3.06 bits per heavy atom. The molecular formula is C12H18N2O2S. The van der Waals surface area contributed by atoms with E-state index < -0.39 is 5.97 Å². The van der Waals surface area contributed by atoms with Crippen LogP contribution in [-0.4, -0.2) is 41.7 Å². The molecular weight excluding hydrogens is 236 g/mol. The van der Waals surface area contributed by atoms with Crippen molar-refractivity contribution in [2.24, 2.45) is 11.7 Å². The molecule has 0 aromatic carbocycles. The van der Waals surface area contributed by atoms with Crippen LogP contribution in [0.3, 0.4) is 0 Å². The van der Waals surface area contributed by atoms with Gasteiger partial charge in [0.2, 0.25) is 0 Å². The molecule has 0 bridgehead atoms. The Bertz CT molecular complexity index is 367. The maximum absolute atomic E-state index is 10.7. The number of likely N-dealkylation sites (tertiary alicyclic amines) is 1. The predicted molar refractivity (Wildman–Crippen MR) is 68.2 cm³/mol. The Labute approximate surface area is 105 Å². The third-order valence-electron chi connectivity index (χ3n) is 3.07. The van der Waals surface area contributed by atoms with Crippen molar-refractivity contribution in [2.75, 3.05) is 19.6 Å². The minimum atomic E-state index is -0.769. The number of carboxylic acid groups (broad SMARTS) is 1. The highest BCUT2D eigenvalue weighted by Gasteiger charge is 2.26. The van der Waals surface area contributed by atoms with Crippen molar-refractivity contribution in [3.63, 3.8) is 0 Å². The average molecular weight is 254 g/mol. The van der Waals surface area contributed by atoms with Gasteiger partial charge < -0.3 is 10.8 Å². The molecule has 0 spiro atoms. The number of thiophene rings is 1. The van der Waals surface area contributed by atoms with Crippen LogP contribution in [0.5, 0.6) is 0 Å². The maximum Gasteiger partial charge on any atom is 0.317 e. The van der Waals surface area contributed by atoms with Gasteiger partial charge in [-0.2, -0.15) is 0 Å². The van der Waals surface area contributed by atoms with E-state index in [1.165, 1.54) is 4.88 Å². The van der Waals surface area contributed by atoms with Gasteiger partial charge in [-0.15, -0.1) is 11.3 Å². The average Bonchev–Trinajstić information content (AvgIpc) is 2.67. The van der Waals surface area contributed by atoms with Crippen LogP contribution in [0.25, 0.3) is 0 Å². The van der Waals surface area contributed by atoms with Crippen LogP contribution >= 0.6 is 11.3 Å². The lowest BCUT2D eigenvalue weighted by Crippen LogP contribution is -2.49. The highest BCUT2D eigenvalue weighted by molar-refractivity contribution is 7.09. The fourth-order valence-corrected chi connectivity index (χ4v) is 3.35. The number of nitrogens with zero attached hydrogens (tertiary/aromatic N) is 1. The zero-order chi connectivity index (χ0) is 12.3. The first kappa shape index (κ1) is 12.5. The second kappa shape index (κ2) is 5.62. The lowest BCUT2D eigenvalue weighted by Gasteiger charge is -2.35. The summed E-state index contributed by atoms with van der Waals surface area (Å²) in [5.41, 5.74) is 5.99. The van der Waals surface area contributed by atoms with Gasteiger partial charge in [-0.25, -0.2) is 0 Å². The van der Waals surface area contributed by atoms with Gasteiger partial charge in [-0.05, 0) is 30.2 Å². The Hall–Kier alpha value is -0.910. The zero-order valence-electron chi connectivity index (χ0n) is 9.71. The molecule has 0 radical (unpaired) electrons. The van der Waals surface area contributed by atoms with E-state index in [1.54, 1.807) is 11.3 Å². The van der Waals surface area contributed by atoms with Crippen molar-refractivity contribution in [1.82, 2.24) is 4.90 Å². The number of piperidine rings is 1. The van der Waals surface area contributed by atoms with Crippen molar-refractivity contribution in [3.8, 4) is 0 Å². The maximum atomic E-state index is 10.7. The van der Waals surface area contributed by atoms with Crippen LogP contribution in [0, 0.1) is 5.92 Å². The second-order valence-electron chi connectivity index (χ2n) is 4.73. The first-order chi connectivity index (χ1) is 8.13. The second-order valence-corrected chi connectivity index (χ2v) is 5.77. The van der Waals surface area contributed by atoms with Crippen molar-refractivity contribution >= 4 is 17.3 Å². The monoisotopic (exact) mass is 254 g/mol. The fraction of sp³-hybridized carbons (Fsp3) is 0.583. The first-order valence-electron chi connectivity index (χ1n) is 5.85. The van der Waals surface area contributed by atoms with Gasteiger partial charge in [-0.1, -0.05) is 6.07 Å². The molecule has 0 amide bonds. The number of rotatable bonds is 4. The molecule has 2 heterocycles. The molecule has 1 saturated heterocycles. The van der Waals surface area contributed by atoms with E-state index in [9.17, 15) is 4.79 Å². The number of hydrogen-bond acceptors (Lipinski definition) is 4. The molecule has 1 aliphatic heterocycles. The number of carbonyl (C=O) groups is 1. The molecule has 1 aromatic heterocycles. The molecule has 0 saturated carbocycles. The van der Waals surface area contributed by atoms with Crippen LogP contribution < -0.4 is 5.73 Å².